The van der Waals surface area contributed by atoms with Gasteiger partial charge >= 0.3 is 5.97 Å². The number of rotatable bonds is 7. The smallest absolute Gasteiger partial charge is 0.338 e. The predicted molar refractivity (Wildman–Crippen MR) is 98.6 cm³/mol. The first kappa shape index (κ1) is 20.5. The van der Waals surface area contributed by atoms with Crippen molar-refractivity contribution in [3.63, 3.8) is 0 Å². The lowest BCUT2D eigenvalue weighted by Gasteiger charge is -2.38. The van der Waals surface area contributed by atoms with Crippen molar-refractivity contribution in [3.05, 3.63) is 29.3 Å². The standard InChI is InChI=1S/C18H27NO3.C2H6/c1-6-9-18(2,3)16(19(4)5)12-21-14-7-8-15-13(10-14)11-22-17(15)20;1-2/h7-8,10,16H,6,9,11-12H2,1-5H3;1-2H3. The number of nitrogens with zero attached hydrogens (tertiary/aromatic N) is 1. The molecule has 1 unspecified atom stereocenters. The molecule has 0 saturated carbocycles. The molecule has 24 heavy (non-hydrogen) atoms. The SMILES string of the molecule is CC.CCCC(C)(C)C(COc1ccc2c(c1)COC2=O)N(C)C. The summed E-state index contributed by atoms with van der Waals surface area (Å²) in [6, 6.07) is 5.89. The van der Waals surface area contributed by atoms with Gasteiger partial charge in [-0.2, -0.15) is 0 Å². The van der Waals surface area contributed by atoms with Gasteiger partial charge in [-0.05, 0) is 44.1 Å². The van der Waals surface area contributed by atoms with Crippen LogP contribution in [0.3, 0.4) is 0 Å². The highest BCUT2D eigenvalue weighted by Crippen LogP contribution is 2.31. The van der Waals surface area contributed by atoms with Crippen molar-refractivity contribution in [2.45, 2.75) is 60.1 Å². The quantitative estimate of drug-likeness (QED) is 0.687. The topological polar surface area (TPSA) is 38.8 Å². The monoisotopic (exact) mass is 335 g/mol. The van der Waals surface area contributed by atoms with E-state index >= 15 is 0 Å². The van der Waals surface area contributed by atoms with E-state index < -0.39 is 0 Å². The lowest BCUT2D eigenvalue weighted by atomic mass is 9.80. The Labute approximate surface area is 147 Å². The van der Waals surface area contributed by atoms with E-state index in [2.05, 4.69) is 39.8 Å². The number of hydrogen-bond acceptors (Lipinski definition) is 4. The third-order valence-corrected chi connectivity index (χ3v) is 4.48. The molecule has 1 aromatic carbocycles. The van der Waals surface area contributed by atoms with E-state index in [9.17, 15) is 4.79 Å². The van der Waals surface area contributed by atoms with Gasteiger partial charge in [0.05, 0.1) is 5.56 Å². The minimum Gasteiger partial charge on any atom is -0.492 e. The van der Waals surface area contributed by atoms with Crippen LogP contribution >= 0.6 is 0 Å². The Morgan fingerprint density at radius 2 is 1.96 bits per heavy atom. The highest BCUT2D eigenvalue weighted by molar-refractivity contribution is 5.93. The van der Waals surface area contributed by atoms with Gasteiger partial charge in [-0.15, -0.1) is 0 Å². The first-order valence-corrected chi connectivity index (χ1v) is 8.94. The number of esters is 1. The van der Waals surface area contributed by atoms with Crippen LogP contribution in [-0.2, 0) is 11.3 Å². The van der Waals surface area contributed by atoms with E-state index in [0.29, 0.717) is 24.8 Å². The summed E-state index contributed by atoms with van der Waals surface area (Å²) >= 11 is 0. The third kappa shape index (κ3) is 4.97. The molecule has 0 saturated heterocycles. The maximum Gasteiger partial charge on any atom is 0.338 e. The zero-order valence-corrected chi connectivity index (χ0v) is 16.3. The molecule has 0 amide bonds. The Bertz CT molecular complexity index is 538. The van der Waals surface area contributed by atoms with E-state index in [1.165, 1.54) is 0 Å². The van der Waals surface area contributed by atoms with Crippen LogP contribution in [-0.4, -0.2) is 37.6 Å². The molecule has 1 aliphatic heterocycles. The minimum atomic E-state index is -0.239. The lowest BCUT2D eigenvalue weighted by molar-refractivity contribution is 0.0534. The maximum atomic E-state index is 11.5. The van der Waals surface area contributed by atoms with Gasteiger partial charge in [0.25, 0.3) is 0 Å². The van der Waals surface area contributed by atoms with Crippen LogP contribution < -0.4 is 4.74 Å². The van der Waals surface area contributed by atoms with Crippen molar-refractivity contribution in [3.8, 4) is 5.75 Å². The highest BCUT2D eigenvalue weighted by Gasteiger charge is 2.31. The second-order valence-corrected chi connectivity index (χ2v) is 6.92. The molecule has 0 spiro atoms. The molecule has 4 nitrogen and oxygen atoms in total. The van der Waals surface area contributed by atoms with Gasteiger partial charge in [-0.1, -0.05) is 41.0 Å². The van der Waals surface area contributed by atoms with Crippen molar-refractivity contribution in [1.82, 2.24) is 4.90 Å². The van der Waals surface area contributed by atoms with E-state index in [4.69, 9.17) is 9.47 Å². The summed E-state index contributed by atoms with van der Waals surface area (Å²) in [5, 5.41) is 0. The van der Waals surface area contributed by atoms with Crippen LogP contribution in [0.1, 0.15) is 63.4 Å². The summed E-state index contributed by atoms with van der Waals surface area (Å²) < 4.78 is 11.0. The zero-order valence-electron chi connectivity index (χ0n) is 16.3. The van der Waals surface area contributed by atoms with E-state index in [1.54, 1.807) is 6.07 Å². The number of cyclic esters (lactones) is 1. The Morgan fingerprint density at radius 1 is 1.29 bits per heavy atom. The number of benzene rings is 1. The van der Waals surface area contributed by atoms with Gasteiger partial charge in [0.2, 0.25) is 0 Å². The molecule has 1 aromatic rings. The van der Waals surface area contributed by atoms with Crippen LogP contribution in [0.2, 0.25) is 0 Å². The fraction of sp³-hybridized carbons (Fsp3) is 0.650. The number of carbonyl (C=O) groups excluding carboxylic acids is 1. The molecule has 4 heteroatoms. The Morgan fingerprint density at radius 3 is 2.54 bits per heavy atom. The predicted octanol–water partition coefficient (Wildman–Crippen LogP) is 4.52. The number of ether oxygens (including phenoxy) is 2. The molecule has 1 heterocycles. The molecule has 136 valence electrons. The average Bonchev–Trinajstić information content (AvgIpc) is 2.89. The maximum absolute atomic E-state index is 11.5. The molecular weight excluding hydrogens is 302 g/mol. The van der Waals surface area contributed by atoms with Crippen molar-refractivity contribution in [2.75, 3.05) is 20.7 Å². The van der Waals surface area contributed by atoms with Gasteiger partial charge in [0, 0.05) is 11.6 Å². The first-order chi connectivity index (χ1) is 11.3. The summed E-state index contributed by atoms with van der Waals surface area (Å²) in [5.41, 5.74) is 1.76. The first-order valence-electron chi connectivity index (χ1n) is 8.94. The Kier molecular flexibility index (Phi) is 7.74. The molecule has 1 aliphatic rings. The number of carbonyl (C=O) groups is 1. The highest BCUT2D eigenvalue weighted by atomic mass is 16.5. The summed E-state index contributed by atoms with van der Waals surface area (Å²) in [4.78, 5) is 13.7. The van der Waals surface area contributed by atoms with Crippen LogP contribution in [0.5, 0.6) is 5.75 Å². The fourth-order valence-electron chi connectivity index (χ4n) is 3.26. The van der Waals surface area contributed by atoms with E-state index in [1.807, 2.05) is 26.0 Å². The molecule has 0 aromatic heterocycles. The van der Waals surface area contributed by atoms with E-state index in [-0.39, 0.29) is 11.4 Å². The van der Waals surface area contributed by atoms with Crippen LogP contribution in [0, 0.1) is 5.41 Å². The molecule has 0 bridgehead atoms. The molecule has 0 radical (unpaired) electrons. The summed E-state index contributed by atoms with van der Waals surface area (Å²) in [6.07, 6.45) is 2.32. The van der Waals surface area contributed by atoms with Crippen LogP contribution in [0.4, 0.5) is 0 Å². The van der Waals surface area contributed by atoms with Crippen molar-refractivity contribution < 1.29 is 14.3 Å². The van der Waals surface area contributed by atoms with Crippen LogP contribution in [0.25, 0.3) is 0 Å². The van der Waals surface area contributed by atoms with Gasteiger partial charge in [-0.25, -0.2) is 4.79 Å². The van der Waals surface area contributed by atoms with Crippen molar-refractivity contribution in [1.29, 1.82) is 0 Å². The second kappa shape index (κ2) is 9.07. The number of hydrogen-bond donors (Lipinski definition) is 0. The largest absolute Gasteiger partial charge is 0.492 e. The Hall–Kier alpha value is -1.55. The fourth-order valence-corrected chi connectivity index (χ4v) is 3.26. The minimum absolute atomic E-state index is 0.189. The molecule has 0 fully saturated rings. The van der Waals surface area contributed by atoms with E-state index in [0.717, 1.165) is 24.2 Å². The Balaban J connectivity index is 0.00000139. The molecule has 1 atom stereocenters. The normalized spacial score (nSPS) is 14.6. The van der Waals surface area contributed by atoms with Crippen molar-refractivity contribution >= 4 is 5.97 Å². The second-order valence-electron chi connectivity index (χ2n) is 6.92. The molecule has 0 N–H and O–H groups in total. The molecule has 0 aliphatic carbocycles. The summed E-state index contributed by atoms with van der Waals surface area (Å²) in [7, 11) is 4.20. The zero-order chi connectivity index (χ0) is 18.3. The molecule has 2 rings (SSSR count). The van der Waals surface area contributed by atoms with Crippen molar-refractivity contribution in [2.24, 2.45) is 5.41 Å². The van der Waals surface area contributed by atoms with Gasteiger partial charge < -0.3 is 14.4 Å². The van der Waals surface area contributed by atoms with Gasteiger partial charge in [0.1, 0.15) is 19.0 Å². The number of fused-ring (bicyclic) bond motifs is 1. The van der Waals surface area contributed by atoms with Gasteiger partial charge in [-0.3, -0.25) is 0 Å². The number of likely N-dealkylation sites (N-methyl/N-ethyl adjacent to an activating group) is 1. The average molecular weight is 335 g/mol. The molecular formula is C20H33NO3. The summed E-state index contributed by atoms with van der Waals surface area (Å²) in [6.45, 7) is 11.8. The van der Waals surface area contributed by atoms with Gasteiger partial charge in [0.15, 0.2) is 0 Å². The summed E-state index contributed by atoms with van der Waals surface area (Å²) in [5.74, 6) is 0.563. The lowest BCUT2D eigenvalue weighted by Crippen LogP contribution is -2.45. The third-order valence-electron chi connectivity index (χ3n) is 4.48. The van der Waals surface area contributed by atoms with Crippen LogP contribution in [0.15, 0.2) is 18.2 Å².